The molecule has 0 heterocycles. The molecule has 0 radical (unpaired) electrons. The van der Waals surface area contributed by atoms with Crippen molar-refractivity contribution in [2.45, 2.75) is 27.2 Å². The molecule has 0 aromatic heterocycles. The van der Waals surface area contributed by atoms with E-state index >= 15 is 0 Å². The zero-order valence-electron chi connectivity index (χ0n) is 11.5. The lowest BCUT2D eigenvalue weighted by Gasteiger charge is -2.10. The number of carbonyl (C=O) groups excluding carboxylic acids is 2. The molecule has 102 valence electrons. The van der Waals surface area contributed by atoms with E-state index in [0.717, 1.165) is 23.2 Å². The molecule has 19 heavy (non-hydrogen) atoms. The van der Waals surface area contributed by atoms with Crippen molar-refractivity contribution >= 4 is 17.6 Å². The van der Waals surface area contributed by atoms with Crippen molar-refractivity contribution in [2.75, 3.05) is 11.9 Å². The number of nitrogens with one attached hydrogen (secondary N) is 1. The van der Waals surface area contributed by atoms with Crippen LogP contribution in [0.5, 0.6) is 0 Å². The highest BCUT2D eigenvalue weighted by Gasteiger charge is 2.07. The first kappa shape index (κ1) is 15.0. The molecule has 1 amide bonds. The highest BCUT2D eigenvalue weighted by Crippen LogP contribution is 2.17. The molecule has 0 bridgehead atoms. The molecule has 0 saturated carbocycles. The number of allylic oxidation sites excluding steroid dienone is 1. The number of carbonyl (C=O) groups is 2. The molecule has 1 aromatic carbocycles. The van der Waals surface area contributed by atoms with Gasteiger partial charge in [0.1, 0.15) is 0 Å². The summed E-state index contributed by atoms with van der Waals surface area (Å²) in [5, 5.41) is 2.72. The summed E-state index contributed by atoms with van der Waals surface area (Å²) < 4.78 is 4.81. The number of rotatable bonds is 5. The topological polar surface area (TPSA) is 55.4 Å². The number of aryl methyl sites for hydroxylation is 1. The summed E-state index contributed by atoms with van der Waals surface area (Å²) in [6.07, 6.45) is 3.76. The molecule has 0 aliphatic carbocycles. The van der Waals surface area contributed by atoms with Crippen molar-refractivity contribution in [1.29, 1.82) is 0 Å². The fourth-order valence-corrected chi connectivity index (χ4v) is 1.47. The van der Waals surface area contributed by atoms with E-state index in [1.165, 1.54) is 6.08 Å². The Morgan fingerprint density at radius 3 is 2.74 bits per heavy atom. The van der Waals surface area contributed by atoms with Crippen LogP contribution >= 0.6 is 0 Å². The molecule has 1 rings (SSSR count). The number of hydrogen-bond donors (Lipinski definition) is 1. The Labute approximate surface area is 113 Å². The lowest BCUT2D eigenvalue weighted by molar-refractivity contribution is -0.142. The van der Waals surface area contributed by atoms with Gasteiger partial charge < -0.3 is 10.1 Å². The Kier molecular flexibility index (Phi) is 5.79. The van der Waals surface area contributed by atoms with Crippen molar-refractivity contribution in [3.8, 4) is 0 Å². The van der Waals surface area contributed by atoms with Gasteiger partial charge in [-0.2, -0.15) is 0 Å². The Bertz CT molecular complexity index is 492. The Morgan fingerprint density at radius 1 is 1.32 bits per heavy atom. The maximum atomic E-state index is 11.6. The minimum Gasteiger partial charge on any atom is -0.452 e. The number of benzene rings is 1. The van der Waals surface area contributed by atoms with Crippen LogP contribution in [0.25, 0.3) is 0 Å². The fourth-order valence-electron chi connectivity index (χ4n) is 1.47. The third kappa shape index (κ3) is 4.95. The van der Waals surface area contributed by atoms with Crippen LogP contribution in [0.4, 0.5) is 5.69 Å². The van der Waals surface area contributed by atoms with Crippen molar-refractivity contribution in [3.63, 3.8) is 0 Å². The predicted octanol–water partition coefficient (Wildman–Crippen LogP) is 2.75. The molecule has 4 nitrogen and oxygen atoms in total. The van der Waals surface area contributed by atoms with E-state index in [1.807, 2.05) is 39.0 Å². The van der Waals surface area contributed by atoms with Gasteiger partial charge in [-0.25, -0.2) is 4.79 Å². The quantitative estimate of drug-likeness (QED) is 0.655. The molecule has 0 aliphatic heterocycles. The molecule has 0 saturated heterocycles. The average Bonchev–Trinajstić information content (AvgIpc) is 2.39. The minimum atomic E-state index is -0.502. The second-order valence-electron chi connectivity index (χ2n) is 4.21. The zero-order chi connectivity index (χ0) is 14.3. The van der Waals surface area contributed by atoms with E-state index in [4.69, 9.17) is 4.74 Å². The van der Waals surface area contributed by atoms with Crippen LogP contribution in [0.15, 0.2) is 30.4 Å². The summed E-state index contributed by atoms with van der Waals surface area (Å²) in [4.78, 5) is 22.8. The van der Waals surface area contributed by atoms with E-state index in [2.05, 4.69) is 5.32 Å². The molecule has 0 unspecified atom stereocenters. The minimum absolute atomic E-state index is 0.278. The second-order valence-corrected chi connectivity index (χ2v) is 4.21. The van der Waals surface area contributed by atoms with Crippen LogP contribution in [0.1, 0.15) is 24.5 Å². The smallest absolute Gasteiger partial charge is 0.330 e. The van der Waals surface area contributed by atoms with Crippen molar-refractivity contribution in [2.24, 2.45) is 0 Å². The van der Waals surface area contributed by atoms with E-state index in [1.54, 1.807) is 6.08 Å². The standard InChI is InChI=1S/C15H19NO3/c1-4-5-9-15(18)19-10-14(17)16-13-8-6-7-11(2)12(13)3/h5-9H,4,10H2,1-3H3,(H,16,17)/b9-5+. The van der Waals surface area contributed by atoms with E-state index < -0.39 is 5.97 Å². The van der Waals surface area contributed by atoms with Gasteiger partial charge in [-0.1, -0.05) is 25.1 Å². The molecule has 0 aliphatic rings. The van der Waals surface area contributed by atoms with Gasteiger partial charge in [-0.15, -0.1) is 0 Å². The predicted molar refractivity (Wildman–Crippen MR) is 74.9 cm³/mol. The van der Waals surface area contributed by atoms with Crippen molar-refractivity contribution in [3.05, 3.63) is 41.5 Å². The van der Waals surface area contributed by atoms with Crippen LogP contribution in [-0.2, 0) is 14.3 Å². The van der Waals surface area contributed by atoms with Crippen molar-refractivity contribution in [1.82, 2.24) is 0 Å². The summed E-state index contributed by atoms with van der Waals surface area (Å²) in [5.41, 5.74) is 2.85. The number of ether oxygens (including phenoxy) is 1. The number of amides is 1. The number of anilines is 1. The first-order valence-corrected chi connectivity index (χ1v) is 6.24. The maximum Gasteiger partial charge on any atom is 0.330 e. The van der Waals surface area contributed by atoms with Crippen LogP contribution in [-0.4, -0.2) is 18.5 Å². The summed E-state index contributed by atoms with van der Waals surface area (Å²) in [6, 6.07) is 5.66. The SMILES string of the molecule is CC/C=C/C(=O)OCC(=O)Nc1cccc(C)c1C. The maximum absolute atomic E-state index is 11.6. The van der Waals surface area contributed by atoms with Crippen LogP contribution in [0, 0.1) is 13.8 Å². The molecule has 0 fully saturated rings. The monoisotopic (exact) mass is 261 g/mol. The second kappa shape index (κ2) is 7.36. The molecular formula is C15H19NO3. The Balaban J connectivity index is 2.50. The van der Waals surface area contributed by atoms with Gasteiger partial charge in [-0.3, -0.25) is 4.79 Å². The number of hydrogen-bond acceptors (Lipinski definition) is 3. The number of esters is 1. The molecule has 0 spiro atoms. The van der Waals surface area contributed by atoms with Gasteiger partial charge in [0.05, 0.1) is 0 Å². The third-order valence-corrected chi connectivity index (χ3v) is 2.71. The third-order valence-electron chi connectivity index (χ3n) is 2.71. The first-order chi connectivity index (χ1) is 9.04. The van der Waals surface area contributed by atoms with Crippen LogP contribution in [0.2, 0.25) is 0 Å². The largest absolute Gasteiger partial charge is 0.452 e. The van der Waals surface area contributed by atoms with Gasteiger partial charge in [0.25, 0.3) is 5.91 Å². The van der Waals surface area contributed by atoms with Crippen LogP contribution in [0.3, 0.4) is 0 Å². The van der Waals surface area contributed by atoms with E-state index in [9.17, 15) is 9.59 Å². The summed E-state index contributed by atoms with van der Waals surface area (Å²) in [5.74, 6) is -0.843. The molecule has 0 atom stereocenters. The summed E-state index contributed by atoms with van der Waals surface area (Å²) >= 11 is 0. The lowest BCUT2D eigenvalue weighted by Crippen LogP contribution is -2.20. The first-order valence-electron chi connectivity index (χ1n) is 6.24. The molecular weight excluding hydrogens is 242 g/mol. The molecule has 1 N–H and O–H groups in total. The van der Waals surface area contributed by atoms with Crippen LogP contribution < -0.4 is 5.32 Å². The van der Waals surface area contributed by atoms with Gasteiger partial charge >= 0.3 is 5.97 Å². The highest BCUT2D eigenvalue weighted by atomic mass is 16.5. The van der Waals surface area contributed by atoms with E-state index in [0.29, 0.717) is 0 Å². The fraction of sp³-hybridized carbons (Fsp3) is 0.333. The van der Waals surface area contributed by atoms with E-state index in [-0.39, 0.29) is 12.5 Å². The zero-order valence-corrected chi connectivity index (χ0v) is 11.5. The normalized spacial score (nSPS) is 10.5. The average molecular weight is 261 g/mol. The molecule has 1 aromatic rings. The highest BCUT2D eigenvalue weighted by molar-refractivity contribution is 5.94. The van der Waals surface area contributed by atoms with Gasteiger partial charge in [0, 0.05) is 11.8 Å². The van der Waals surface area contributed by atoms with Crippen molar-refractivity contribution < 1.29 is 14.3 Å². The van der Waals surface area contributed by atoms with Gasteiger partial charge in [0.2, 0.25) is 0 Å². The molecule has 4 heteroatoms. The summed E-state index contributed by atoms with van der Waals surface area (Å²) in [6.45, 7) is 5.54. The lowest BCUT2D eigenvalue weighted by atomic mass is 10.1. The Morgan fingerprint density at radius 2 is 2.05 bits per heavy atom. The Hall–Kier alpha value is -2.10. The van der Waals surface area contributed by atoms with Gasteiger partial charge in [-0.05, 0) is 37.5 Å². The van der Waals surface area contributed by atoms with Gasteiger partial charge in [0.15, 0.2) is 6.61 Å². The summed E-state index contributed by atoms with van der Waals surface area (Å²) in [7, 11) is 0.